The Bertz CT molecular complexity index is 575. The Hall–Kier alpha value is -2.04. The normalized spacial score (nSPS) is 24.9. The number of benzene rings is 1. The number of nitrogens with one attached hydrogen (secondary N) is 1. The Morgan fingerprint density at radius 2 is 2.00 bits per heavy atom. The molecule has 0 saturated carbocycles. The van der Waals surface area contributed by atoms with Crippen LogP contribution in [0.15, 0.2) is 18.2 Å². The van der Waals surface area contributed by atoms with Crippen LogP contribution in [0.25, 0.3) is 0 Å². The van der Waals surface area contributed by atoms with Crippen molar-refractivity contribution in [3.63, 3.8) is 0 Å². The van der Waals surface area contributed by atoms with Crippen LogP contribution < -0.4 is 10.1 Å². The lowest BCUT2D eigenvalue weighted by Gasteiger charge is -2.39. The fourth-order valence-electron chi connectivity index (χ4n) is 3.19. The summed E-state index contributed by atoms with van der Waals surface area (Å²) in [5.41, 5.74) is 1.18. The molecular weight excluding hydrogens is 268 g/mol. The van der Waals surface area contributed by atoms with Gasteiger partial charge in [0.1, 0.15) is 5.75 Å². The van der Waals surface area contributed by atoms with Crippen molar-refractivity contribution in [3.8, 4) is 5.75 Å². The summed E-state index contributed by atoms with van der Waals surface area (Å²) in [5.74, 6) is 0.454. The van der Waals surface area contributed by atoms with Gasteiger partial charge in [0.2, 0.25) is 0 Å². The molecule has 2 amide bonds. The third-order valence-electron chi connectivity index (χ3n) is 4.29. The van der Waals surface area contributed by atoms with Gasteiger partial charge in [0.25, 0.3) is 11.8 Å². The molecule has 2 aliphatic rings. The van der Waals surface area contributed by atoms with Gasteiger partial charge in [-0.1, -0.05) is 0 Å². The molecule has 3 rings (SSSR count). The molecule has 5 heteroatoms. The summed E-state index contributed by atoms with van der Waals surface area (Å²) in [6.07, 6.45) is 3.25. The monoisotopic (exact) mass is 288 g/mol. The van der Waals surface area contributed by atoms with Crippen molar-refractivity contribution in [1.29, 1.82) is 0 Å². The molecule has 0 aromatic heterocycles. The van der Waals surface area contributed by atoms with Gasteiger partial charge in [0.15, 0.2) is 6.61 Å². The molecule has 1 N–H and O–H groups in total. The molecule has 0 spiro atoms. The van der Waals surface area contributed by atoms with Crippen LogP contribution in [-0.4, -0.2) is 35.4 Å². The molecule has 1 aromatic carbocycles. The van der Waals surface area contributed by atoms with Crippen molar-refractivity contribution in [3.05, 3.63) is 23.8 Å². The first-order valence-corrected chi connectivity index (χ1v) is 7.45. The van der Waals surface area contributed by atoms with Crippen LogP contribution in [-0.2, 0) is 4.79 Å². The van der Waals surface area contributed by atoms with Crippen molar-refractivity contribution in [2.24, 2.45) is 0 Å². The van der Waals surface area contributed by atoms with Gasteiger partial charge in [0, 0.05) is 17.6 Å². The molecular formula is C16H20N2O3. The number of nitrogens with zero attached hydrogens (tertiary/aromatic N) is 1. The molecule has 2 atom stereocenters. The molecule has 2 aliphatic heterocycles. The first-order valence-electron chi connectivity index (χ1n) is 7.45. The van der Waals surface area contributed by atoms with E-state index in [1.807, 2.05) is 4.90 Å². The van der Waals surface area contributed by atoms with Crippen molar-refractivity contribution in [2.45, 2.75) is 45.2 Å². The summed E-state index contributed by atoms with van der Waals surface area (Å²) >= 11 is 0. The predicted molar refractivity (Wildman–Crippen MR) is 79.5 cm³/mol. The highest BCUT2D eigenvalue weighted by atomic mass is 16.5. The highest BCUT2D eigenvalue weighted by molar-refractivity contribution is 6.00. The van der Waals surface area contributed by atoms with Gasteiger partial charge in [-0.3, -0.25) is 9.59 Å². The van der Waals surface area contributed by atoms with Gasteiger partial charge >= 0.3 is 0 Å². The summed E-state index contributed by atoms with van der Waals surface area (Å²) < 4.78 is 5.32. The van der Waals surface area contributed by atoms with Crippen LogP contribution in [0.2, 0.25) is 0 Å². The van der Waals surface area contributed by atoms with Crippen molar-refractivity contribution < 1.29 is 14.3 Å². The van der Waals surface area contributed by atoms with Gasteiger partial charge in [-0.25, -0.2) is 0 Å². The number of piperidine rings is 1. The lowest BCUT2D eigenvalue weighted by Crippen LogP contribution is -2.47. The number of hydrogen-bond acceptors (Lipinski definition) is 3. The Labute approximate surface area is 124 Å². The Morgan fingerprint density at radius 1 is 1.29 bits per heavy atom. The Balaban J connectivity index is 1.88. The van der Waals surface area contributed by atoms with E-state index in [0.717, 1.165) is 12.8 Å². The minimum atomic E-state index is -0.188. The highest BCUT2D eigenvalue weighted by Crippen LogP contribution is 2.30. The number of ether oxygens (including phenoxy) is 1. The summed E-state index contributed by atoms with van der Waals surface area (Å²) in [6, 6.07) is 5.74. The van der Waals surface area contributed by atoms with E-state index >= 15 is 0 Å². The largest absolute Gasteiger partial charge is 0.482 e. The molecule has 1 aromatic rings. The van der Waals surface area contributed by atoms with Crippen molar-refractivity contribution in [2.75, 3.05) is 11.9 Å². The minimum Gasteiger partial charge on any atom is -0.482 e. The smallest absolute Gasteiger partial charge is 0.262 e. The van der Waals surface area contributed by atoms with E-state index in [9.17, 15) is 9.59 Å². The minimum absolute atomic E-state index is 0.0253. The maximum absolute atomic E-state index is 12.8. The molecule has 1 saturated heterocycles. The van der Waals surface area contributed by atoms with Crippen LogP contribution in [0.3, 0.4) is 0 Å². The van der Waals surface area contributed by atoms with Crippen LogP contribution in [0.4, 0.5) is 5.69 Å². The van der Waals surface area contributed by atoms with Gasteiger partial charge < -0.3 is 15.0 Å². The first kappa shape index (κ1) is 13.9. The lowest BCUT2D eigenvalue weighted by molar-refractivity contribution is -0.118. The quantitative estimate of drug-likeness (QED) is 0.863. The van der Waals surface area contributed by atoms with Crippen molar-refractivity contribution in [1.82, 2.24) is 4.90 Å². The van der Waals surface area contributed by atoms with E-state index < -0.39 is 0 Å². The van der Waals surface area contributed by atoms with E-state index in [0.29, 0.717) is 17.0 Å². The molecule has 0 aliphatic carbocycles. The average molecular weight is 288 g/mol. The number of likely N-dealkylation sites (tertiary alicyclic amines) is 1. The molecule has 2 unspecified atom stereocenters. The fourth-order valence-corrected chi connectivity index (χ4v) is 3.19. The standard InChI is InChI=1S/C16H20N2O3/c1-10-4-3-5-11(2)18(10)16(20)12-6-7-14-13(8-12)17-15(19)9-21-14/h6-8,10-11H,3-5,9H2,1-2H3,(H,17,19). The molecule has 0 radical (unpaired) electrons. The topological polar surface area (TPSA) is 58.6 Å². The van der Waals surface area contributed by atoms with Crippen LogP contribution >= 0.6 is 0 Å². The van der Waals surface area contributed by atoms with Crippen LogP contribution in [0, 0.1) is 0 Å². The summed E-state index contributed by atoms with van der Waals surface area (Å²) in [4.78, 5) is 26.1. The molecule has 1 fully saturated rings. The lowest BCUT2D eigenvalue weighted by atomic mass is 9.96. The number of carbonyl (C=O) groups excluding carboxylic acids is 2. The zero-order valence-electron chi connectivity index (χ0n) is 12.4. The van der Waals surface area contributed by atoms with Crippen LogP contribution in [0.5, 0.6) is 5.75 Å². The molecule has 112 valence electrons. The number of rotatable bonds is 1. The second-order valence-electron chi connectivity index (χ2n) is 5.89. The zero-order valence-corrected chi connectivity index (χ0v) is 12.4. The average Bonchev–Trinajstić information content (AvgIpc) is 2.46. The number of fused-ring (bicyclic) bond motifs is 1. The van der Waals surface area contributed by atoms with Gasteiger partial charge in [0.05, 0.1) is 5.69 Å². The number of carbonyl (C=O) groups is 2. The first-order chi connectivity index (χ1) is 10.1. The third kappa shape index (κ3) is 2.60. The summed E-state index contributed by atoms with van der Waals surface area (Å²) in [7, 11) is 0. The summed E-state index contributed by atoms with van der Waals surface area (Å²) in [6.45, 7) is 4.22. The summed E-state index contributed by atoms with van der Waals surface area (Å²) in [5, 5.41) is 2.75. The Morgan fingerprint density at radius 3 is 2.71 bits per heavy atom. The second-order valence-corrected chi connectivity index (χ2v) is 5.89. The SMILES string of the molecule is CC1CCCC(C)N1C(=O)c1ccc2c(c1)NC(=O)CO2. The number of anilines is 1. The predicted octanol–water partition coefficient (Wildman–Crippen LogP) is 2.42. The van der Waals surface area contributed by atoms with Crippen molar-refractivity contribution >= 4 is 17.5 Å². The van der Waals surface area contributed by atoms with E-state index in [1.54, 1.807) is 18.2 Å². The van der Waals surface area contributed by atoms with Gasteiger partial charge in [-0.15, -0.1) is 0 Å². The number of amides is 2. The van der Waals surface area contributed by atoms with Gasteiger partial charge in [-0.2, -0.15) is 0 Å². The second kappa shape index (κ2) is 5.39. The van der Waals surface area contributed by atoms with E-state index in [-0.39, 0.29) is 30.5 Å². The highest BCUT2D eigenvalue weighted by Gasteiger charge is 2.30. The maximum atomic E-state index is 12.8. The molecule has 5 nitrogen and oxygen atoms in total. The Kier molecular flexibility index (Phi) is 3.57. The number of hydrogen-bond donors (Lipinski definition) is 1. The zero-order chi connectivity index (χ0) is 15.0. The molecule has 21 heavy (non-hydrogen) atoms. The molecule has 0 bridgehead atoms. The maximum Gasteiger partial charge on any atom is 0.262 e. The van der Waals surface area contributed by atoms with E-state index in [2.05, 4.69) is 19.2 Å². The van der Waals surface area contributed by atoms with Gasteiger partial charge in [-0.05, 0) is 51.3 Å². The van der Waals surface area contributed by atoms with E-state index in [1.165, 1.54) is 6.42 Å². The third-order valence-corrected chi connectivity index (χ3v) is 4.29. The molecule has 2 heterocycles. The fraction of sp³-hybridized carbons (Fsp3) is 0.500. The van der Waals surface area contributed by atoms with Crippen LogP contribution in [0.1, 0.15) is 43.5 Å². The van der Waals surface area contributed by atoms with E-state index in [4.69, 9.17) is 4.74 Å².